The molecule has 0 atom stereocenters. The molecule has 12 heavy (non-hydrogen) atoms. The summed E-state index contributed by atoms with van der Waals surface area (Å²) in [6, 6.07) is 2.28. The predicted octanol–water partition coefficient (Wildman–Crippen LogP) is 3.35. The monoisotopic (exact) mass is 161 g/mol. The molecule has 0 aromatic heterocycles. The Morgan fingerprint density at radius 2 is 2.08 bits per heavy atom. The van der Waals surface area contributed by atoms with Gasteiger partial charge >= 0.3 is 0 Å². The molecule has 1 fully saturated rings. The van der Waals surface area contributed by atoms with Crippen LogP contribution in [0.25, 0.3) is 0 Å². The second-order valence-electron chi connectivity index (χ2n) is 3.25. The molecule has 0 radical (unpaired) electrons. The molecule has 0 aliphatic heterocycles. The van der Waals surface area contributed by atoms with E-state index in [0.29, 0.717) is 0 Å². The molecule has 0 aromatic carbocycles. The Balaban J connectivity index is 2.69. The van der Waals surface area contributed by atoms with Crippen molar-refractivity contribution in [2.24, 2.45) is 0 Å². The minimum atomic E-state index is 0.756. The zero-order valence-electron chi connectivity index (χ0n) is 7.47. The van der Waals surface area contributed by atoms with Crippen LogP contribution >= 0.6 is 0 Å². The van der Waals surface area contributed by atoms with Crippen LogP contribution in [0, 0.1) is 11.3 Å². The maximum absolute atomic E-state index is 8.85. The van der Waals surface area contributed by atoms with Gasteiger partial charge in [-0.1, -0.05) is 18.1 Å². The SMILES string of the molecule is C=CCC(C#N)=C1CCCCC1. The molecule has 0 heterocycles. The van der Waals surface area contributed by atoms with E-state index in [0.717, 1.165) is 24.8 Å². The summed E-state index contributed by atoms with van der Waals surface area (Å²) >= 11 is 0. The van der Waals surface area contributed by atoms with Gasteiger partial charge in [-0.2, -0.15) is 5.26 Å². The normalized spacial score (nSPS) is 16.8. The topological polar surface area (TPSA) is 23.8 Å². The standard InChI is InChI=1S/C11H15N/c1-2-6-11(9-12)10-7-4-3-5-8-10/h2H,1,3-8H2. The fraction of sp³-hybridized carbons (Fsp3) is 0.545. The Morgan fingerprint density at radius 1 is 1.42 bits per heavy atom. The third-order valence-corrected chi connectivity index (χ3v) is 2.37. The van der Waals surface area contributed by atoms with E-state index >= 15 is 0 Å². The van der Waals surface area contributed by atoms with E-state index in [1.807, 2.05) is 6.08 Å². The maximum atomic E-state index is 8.85. The molecule has 1 aliphatic carbocycles. The van der Waals surface area contributed by atoms with Gasteiger partial charge in [0.05, 0.1) is 6.07 Å². The molecule has 0 saturated heterocycles. The largest absolute Gasteiger partial charge is 0.193 e. The summed E-state index contributed by atoms with van der Waals surface area (Å²) in [5.41, 5.74) is 2.34. The van der Waals surface area contributed by atoms with Crippen molar-refractivity contribution in [3.8, 4) is 6.07 Å². The highest BCUT2D eigenvalue weighted by atomic mass is 14.3. The first-order valence-corrected chi connectivity index (χ1v) is 4.60. The van der Waals surface area contributed by atoms with Gasteiger partial charge in [-0.15, -0.1) is 6.58 Å². The van der Waals surface area contributed by atoms with Gasteiger partial charge in [0.25, 0.3) is 0 Å². The highest BCUT2D eigenvalue weighted by Crippen LogP contribution is 2.26. The van der Waals surface area contributed by atoms with Crippen LogP contribution in [0.3, 0.4) is 0 Å². The minimum absolute atomic E-state index is 0.756. The maximum Gasteiger partial charge on any atom is 0.0949 e. The van der Waals surface area contributed by atoms with E-state index in [4.69, 9.17) is 5.26 Å². The molecule has 1 rings (SSSR count). The van der Waals surface area contributed by atoms with Crippen molar-refractivity contribution in [3.05, 3.63) is 23.8 Å². The van der Waals surface area contributed by atoms with E-state index in [2.05, 4.69) is 12.6 Å². The zero-order chi connectivity index (χ0) is 8.81. The smallest absolute Gasteiger partial charge is 0.0949 e. The average Bonchev–Trinajstić information content (AvgIpc) is 2.15. The lowest BCUT2D eigenvalue weighted by Crippen LogP contribution is -1.97. The second-order valence-corrected chi connectivity index (χ2v) is 3.25. The van der Waals surface area contributed by atoms with Crippen LogP contribution in [-0.4, -0.2) is 0 Å². The van der Waals surface area contributed by atoms with Gasteiger partial charge in [-0.25, -0.2) is 0 Å². The summed E-state index contributed by atoms with van der Waals surface area (Å²) in [7, 11) is 0. The Bertz CT molecular complexity index is 222. The Morgan fingerprint density at radius 3 is 2.58 bits per heavy atom. The van der Waals surface area contributed by atoms with E-state index in [1.54, 1.807) is 0 Å². The number of allylic oxidation sites excluding steroid dienone is 3. The van der Waals surface area contributed by atoms with Crippen LogP contribution < -0.4 is 0 Å². The van der Waals surface area contributed by atoms with Crippen LogP contribution in [0.5, 0.6) is 0 Å². The molecule has 0 bridgehead atoms. The van der Waals surface area contributed by atoms with Gasteiger partial charge in [0.15, 0.2) is 0 Å². The number of nitriles is 1. The summed E-state index contributed by atoms with van der Waals surface area (Å²) < 4.78 is 0. The molecular formula is C11H15N. The molecule has 0 aromatic rings. The second kappa shape index (κ2) is 4.77. The Kier molecular flexibility index (Phi) is 3.60. The third-order valence-electron chi connectivity index (χ3n) is 2.37. The third kappa shape index (κ3) is 2.23. The molecule has 64 valence electrons. The van der Waals surface area contributed by atoms with E-state index in [9.17, 15) is 0 Å². The van der Waals surface area contributed by atoms with Crippen molar-refractivity contribution in [1.82, 2.24) is 0 Å². The van der Waals surface area contributed by atoms with Crippen molar-refractivity contribution in [2.75, 3.05) is 0 Å². The average molecular weight is 161 g/mol. The van der Waals surface area contributed by atoms with Gasteiger partial charge in [-0.3, -0.25) is 0 Å². The molecule has 1 aliphatic rings. The van der Waals surface area contributed by atoms with Crippen molar-refractivity contribution >= 4 is 0 Å². The van der Waals surface area contributed by atoms with Crippen molar-refractivity contribution in [3.63, 3.8) is 0 Å². The van der Waals surface area contributed by atoms with Gasteiger partial charge < -0.3 is 0 Å². The molecule has 0 spiro atoms. The van der Waals surface area contributed by atoms with Crippen LogP contribution in [-0.2, 0) is 0 Å². The lowest BCUT2D eigenvalue weighted by atomic mass is 9.90. The zero-order valence-corrected chi connectivity index (χ0v) is 7.47. The summed E-state index contributed by atoms with van der Waals surface area (Å²) in [4.78, 5) is 0. The molecular weight excluding hydrogens is 146 g/mol. The van der Waals surface area contributed by atoms with Gasteiger partial charge in [-0.05, 0) is 25.7 Å². The number of hydrogen-bond donors (Lipinski definition) is 0. The minimum Gasteiger partial charge on any atom is -0.193 e. The molecule has 1 heteroatoms. The summed E-state index contributed by atoms with van der Waals surface area (Å²) in [6.07, 6.45) is 8.70. The van der Waals surface area contributed by atoms with Gasteiger partial charge in [0, 0.05) is 12.0 Å². The van der Waals surface area contributed by atoms with Gasteiger partial charge in [0.2, 0.25) is 0 Å². The van der Waals surface area contributed by atoms with E-state index in [1.165, 1.54) is 24.8 Å². The van der Waals surface area contributed by atoms with Crippen molar-refractivity contribution in [1.29, 1.82) is 5.26 Å². The van der Waals surface area contributed by atoms with Crippen LogP contribution in [0.1, 0.15) is 38.5 Å². The highest BCUT2D eigenvalue weighted by Gasteiger charge is 2.09. The number of nitrogens with zero attached hydrogens (tertiary/aromatic N) is 1. The van der Waals surface area contributed by atoms with Crippen LogP contribution in [0.2, 0.25) is 0 Å². The lowest BCUT2D eigenvalue weighted by molar-refractivity contribution is 0.594. The van der Waals surface area contributed by atoms with Gasteiger partial charge in [0.1, 0.15) is 0 Å². The van der Waals surface area contributed by atoms with Crippen LogP contribution in [0.15, 0.2) is 23.8 Å². The number of rotatable bonds is 2. The number of hydrogen-bond acceptors (Lipinski definition) is 1. The molecule has 1 nitrogen and oxygen atoms in total. The van der Waals surface area contributed by atoms with Crippen molar-refractivity contribution in [2.45, 2.75) is 38.5 Å². The molecule has 0 N–H and O–H groups in total. The molecule has 0 amide bonds. The first-order valence-electron chi connectivity index (χ1n) is 4.60. The predicted molar refractivity (Wildman–Crippen MR) is 50.5 cm³/mol. The summed E-state index contributed by atoms with van der Waals surface area (Å²) in [6.45, 7) is 3.66. The quantitative estimate of drug-likeness (QED) is 0.450. The molecule has 1 saturated carbocycles. The Hall–Kier alpha value is -1.03. The Labute approximate surface area is 74.4 Å². The summed E-state index contributed by atoms with van der Waals surface area (Å²) in [5.74, 6) is 0. The fourth-order valence-electron chi connectivity index (χ4n) is 1.69. The summed E-state index contributed by atoms with van der Waals surface area (Å²) in [5, 5.41) is 8.85. The van der Waals surface area contributed by atoms with Crippen LogP contribution in [0.4, 0.5) is 0 Å². The van der Waals surface area contributed by atoms with E-state index in [-0.39, 0.29) is 0 Å². The fourth-order valence-corrected chi connectivity index (χ4v) is 1.69. The first-order chi connectivity index (χ1) is 5.88. The molecule has 0 unspecified atom stereocenters. The lowest BCUT2D eigenvalue weighted by Gasteiger charge is -2.14. The van der Waals surface area contributed by atoms with Crippen molar-refractivity contribution < 1.29 is 0 Å². The van der Waals surface area contributed by atoms with E-state index < -0.39 is 0 Å². The first kappa shape index (κ1) is 9.06. The highest BCUT2D eigenvalue weighted by molar-refractivity contribution is 5.30.